The number of nitrogen functional groups attached to an aromatic ring is 1. The van der Waals surface area contributed by atoms with Crippen LogP contribution in [-0.4, -0.2) is 33.8 Å². The zero-order chi connectivity index (χ0) is 15.8. The molecule has 1 saturated heterocycles. The third kappa shape index (κ3) is 3.32. The van der Waals surface area contributed by atoms with Gasteiger partial charge in [0, 0.05) is 13.1 Å². The zero-order valence-corrected chi connectivity index (χ0v) is 12.2. The van der Waals surface area contributed by atoms with Gasteiger partial charge in [-0.2, -0.15) is 18.2 Å². The van der Waals surface area contributed by atoms with Crippen LogP contribution in [0.2, 0.25) is 5.28 Å². The number of nitrogens with two attached hydrogens (primary N) is 1. The summed E-state index contributed by atoms with van der Waals surface area (Å²) < 4.78 is 38.6. The van der Waals surface area contributed by atoms with Crippen LogP contribution in [0.25, 0.3) is 0 Å². The van der Waals surface area contributed by atoms with Gasteiger partial charge in [-0.05, 0) is 30.9 Å². The van der Waals surface area contributed by atoms with Gasteiger partial charge in [-0.1, -0.05) is 6.92 Å². The Hall–Kier alpha value is -1.28. The van der Waals surface area contributed by atoms with Crippen LogP contribution in [0, 0.1) is 0 Å². The van der Waals surface area contributed by atoms with E-state index in [-0.39, 0.29) is 5.82 Å². The maximum absolute atomic E-state index is 12.9. The third-order valence-corrected chi connectivity index (χ3v) is 3.99. The van der Waals surface area contributed by atoms with Crippen LogP contribution in [0.5, 0.6) is 0 Å². The molecule has 0 amide bonds. The van der Waals surface area contributed by atoms with E-state index in [1.165, 1.54) is 0 Å². The van der Waals surface area contributed by atoms with Crippen LogP contribution in [0.4, 0.5) is 24.7 Å². The molecule has 2 rings (SSSR count). The maximum atomic E-state index is 12.9. The molecule has 0 aromatic carbocycles. The van der Waals surface area contributed by atoms with Crippen molar-refractivity contribution in [2.24, 2.45) is 0 Å². The monoisotopic (exact) mass is 324 g/mol. The van der Waals surface area contributed by atoms with E-state index in [0.717, 1.165) is 0 Å². The summed E-state index contributed by atoms with van der Waals surface area (Å²) in [5.74, 6) is -0.0273. The molecule has 118 valence electrons. The van der Waals surface area contributed by atoms with E-state index >= 15 is 0 Å². The molecule has 1 fully saturated rings. The first-order chi connectivity index (χ1) is 9.66. The van der Waals surface area contributed by atoms with Crippen LogP contribution in [0.15, 0.2) is 0 Å². The van der Waals surface area contributed by atoms with E-state index in [1.54, 1.807) is 4.90 Å². The van der Waals surface area contributed by atoms with Gasteiger partial charge in [-0.25, -0.2) is 4.98 Å². The van der Waals surface area contributed by atoms with Gasteiger partial charge in [0.1, 0.15) is 5.69 Å². The largest absolute Gasteiger partial charge is 0.435 e. The van der Waals surface area contributed by atoms with Crippen molar-refractivity contribution in [2.45, 2.75) is 38.0 Å². The standard InChI is InChI=1S/C12H16ClF3N4O/c1-2-11(21)3-5-20(6-4-11)9-7(17)8(12(14,15)16)18-10(13)19-9/h21H,2-6,17H2,1H3. The van der Waals surface area contributed by atoms with Crippen molar-refractivity contribution < 1.29 is 18.3 Å². The molecule has 2 heterocycles. The maximum Gasteiger partial charge on any atom is 0.435 e. The molecular weight excluding hydrogens is 309 g/mol. The molecule has 0 radical (unpaired) electrons. The summed E-state index contributed by atoms with van der Waals surface area (Å²) in [6.07, 6.45) is -3.22. The molecule has 5 nitrogen and oxygen atoms in total. The Bertz CT molecular complexity index is 530. The highest BCUT2D eigenvalue weighted by molar-refractivity contribution is 6.28. The molecule has 9 heteroatoms. The van der Waals surface area contributed by atoms with E-state index in [1.807, 2.05) is 6.92 Å². The van der Waals surface area contributed by atoms with Crippen LogP contribution in [0.3, 0.4) is 0 Å². The number of aliphatic hydroxyl groups is 1. The minimum absolute atomic E-state index is 0.0273. The molecule has 0 aliphatic carbocycles. The second-order valence-electron chi connectivity index (χ2n) is 5.14. The van der Waals surface area contributed by atoms with Crippen LogP contribution in [-0.2, 0) is 6.18 Å². The molecule has 0 atom stereocenters. The fraction of sp³-hybridized carbons (Fsp3) is 0.667. The van der Waals surface area contributed by atoms with Gasteiger partial charge >= 0.3 is 6.18 Å². The lowest BCUT2D eigenvalue weighted by Crippen LogP contribution is -2.44. The van der Waals surface area contributed by atoms with E-state index < -0.39 is 28.4 Å². The van der Waals surface area contributed by atoms with Crippen molar-refractivity contribution >= 4 is 23.1 Å². The molecule has 0 spiro atoms. The highest BCUT2D eigenvalue weighted by atomic mass is 35.5. The molecule has 0 unspecified atom stereocenters. The Morgan fingerprint density at radius 3 is 2.38 bits per heavy atom. The molecular formula is C12H16ClF3N4O. The van der Waals surface area contributed by atoms with E-state index in [0.29, 0.717) is 32.4 Å². The normalized spacial score (nSPS) is 18.9. The summed E-state index contributed by atoms with van der Waals surface area (Å²) in [5, 5.41) is 9.66. The average molecular weight is 325 g/mol. The summed E-state index contributed by atoms with van der Waals surface area (Å²) in [7, 11) is 0. The Morgan fingerprint density at radius 2 is 1.90 bits per heavy atom. The molecule has 1 aliphatic heterocycles. The van der Waals surface area contributed by atoms with E-state index in [9.17, 15) is 18.3 Å². The molecule has 21 heavy (non-hydrogen) atoms. The summed E-state index contributed by atoms with van der Waals surface area (Å²) in [5.41, 5.74) is 3.02. The van der Waals surface area contributed by atoms with Crippen molar-refractivity contribution in [1.82, 2.24) is 9.97 Å². The zero-order valence-electron chi connectivity index (χ0n) is 11.4. The summed E-state index contributed by atoms with van der Waals surface area (Å²) >= 11 is 5.58. The highest BCUT2D eigenvalue weighted by Gasteiger charge is 2.39. The fourth-order valence-electron chi connectivity index (χ4n) is 2.38. The minimum atomic E-state index is -4.69. The van der Waals surface area contributed by atoms with E-state index in [2.05, 4.69) is 9.97 Å². The lowest BCUT2D eigenvalue weighted by Gasteiger charge is -2.38. The topological polar surface area (TPSA) is 75.3 Å². The number of anilines is 2. The lowest BCUT2D eigenvalue weighted by atomic mass is 9.89. The quantitative estimate of drug-likeness (QED) is 0.817. The number of piperidine rings is 1. The van der Waals surface area contributed by atoms with Crippen molar-refractivity contribution in [3.8, 4) is 0 Å². The number of hydrogen-bond donors (Lipinski definition) is 2. The number of hydrogen-bond acceptors (Lipinski definition) is 5. The van der Waals surface area contributed by atoms with E-state index in [4.69, 9.17) is 17.3 Å². The first-order valence-electron chi connectivity index (χ1n) is 6.54. The van der Waals surface area contributed by atoms with Crippen LogP contribution in [0.1, 0.15) is 31.9 Å². The van der Waals surface area contributed by atoms with Gasteiger partial charge in [0.2, 0.25) is 5.28 Å². The Labute approximate surface area is 124 Å². The predicted molar refractivity (Wildman–Crippen MR) is 73.1 cm³/mol. The van der Waals surface area contributed by atoms with Crippen molar-refractivity contribution in [3.05, 3.63) is 11.0 Å². The Balaban J connectivity index is 2.31. The molecule has 1 aromatic heterocycles. The average Bonchev–Trinajstić information content (AvgIpc) is 2.41. The lowest BCUT2D eigenvalue weighted by molar-refractivity contribution is -0.140. The molecule has 1 aliphatic rings. The highest BCUT2D eigenvalue weighted by Crippen LogP contribution is 2.38. The first-order valence-corrected chi connectivity index (χ1v) is 6.91. The van der Waals surface area contributed by atoms with Gasteiger partial charge in [-0.15, -0.1) is 0 Å². The van der Waals surface area contributed by atoms with Gasteiger partial charge < -0.3 is 15.7 Å². The Kier molecular flexibility index (Phi) is 4.21. The minimum Gasteiger partial charge on any atom is -0.394 e. The SMILES string of the molecule is CCC1(O)CCN(c2nc(Cl)nc(C(F)(F)F)c2N)CC1. The van der Waals surface area contributed by atoms with Gasteiger partial charge in [0.05, 0.1) is 5.60 Å². The summed E-state index contributed by atoms with van der Waals surface area (Å²) in [6.45, 7) is 2.59. The summed E-state index contributed by atoms with van der Waals surface area (Å²) in [6, 6.07) is 0. The predicted octanol–water partition coefficient (Wildman–Crippen LogP) is 2.47. The van der Waals surface area contributed by atoms with Gasteiger partial charge in [-0.3, -0.25) is 0 Å². The van der Waals surface area contributed by atoms with Crippen molar-refractivity contribution in [1.29, 1.82) is 0 Å². The van der Waals surface area contributed by atoms with Crippen molar-refractivity contribution in [3.63, 3.8) is 0 Å². The van der Waals surface area contributed by atoms with Crippen molar-refractivity contribution in [2.75, 3.05) is 23.7 Å². The number of nitrogens with zero attached hydrogens (tertiary/aromatic N) is 3. The smallest absolute Gasteiger partial charge is 0.394 e. The number of alkyl halides is 3. The van der Waals surface area contributed by atoms with Crippen LogP contribution < -0.4 is 10.6 Å². The van der Waals surface area contributed by atoms with Crippen LogP contribution >= 0.6 is 11.6 Å². The Morgan fingerprint density at radius 1 is 1.33 bits per heavy atom. The number of rotatable bonds is 2. The number of halogens is 4. The molecule has 0 bridgehead atoms. The second kappa shape index (κ2) is 5.49. The fourth-order valence-corrected chi connectivity index (χ4v) is 2.54. The molecule has 1 aromatic rings. The molecule has 0 saturated carbocycles. The second-order valence-corrected chi connectivity index (χ2v) is 5.48. The summed E-state index contributed by atoms with van der Waals surface area (Å²) in [4.78, 5) is 8.59. The van der Waals surface area contributed by atoms with Gasteiger partial charge in [0.15, 0.2) is 11.5 Å². The first kappa shape index (κ1) is 16.1. The number of aromatic nitrogens is 2. The van der Waals surface area contributed by atoms with Gasteiger partial charge in [0.25, 0.3) is 0 Å². The molecule has 3 N–H and O–H groups in total. The third-order valence-electron chi connectivity index (χ3n) is 3.82.